The van der Waals surface area contributed by atoms with Crippen molar-refractivity contribution in [3.05, 3.63) is 30.0 Å². The highest BCUT2D eigenvalue weighted by Gasteiger charge is 2.22. The van der Waals surface area contributed by atoms with E-state index in [0.717, 1.165) is 35.6 Å². The molecule has 0 fully saturated rings. The lowest BCUT2D eigenvalue weighted by Gasteiger charge is -2.14. The second kappa shape index (κ2) is 4.77. The highest BCUT2D eigenvalue weighted by Crippen LogP contribution is 2.36. The van der Waals surface area contributed by atoms with Crippen LogP contribution in [0.5, 0.6) is 5.75 Å². The number of benzene rings is 1. The monoisotopic (exact) mass is 279 g/mol. The van der Waals surface area contributed by atoms with Crippen LogP contribution in [0.3, 0.4) is 0 Å². The minimum Gasteiger partial charge on any atom is -0.435 e. The number of fused-ring (bicyclic) bond motifs is 1. The maximum absolute atomic E-state index is 12.2. The molecule has 3 rings (SSSR count). The van der Waals surface area contributed by atoms with Gasteiger partial charge in [-0.3, -0.25) is 0 Å². The number of hydrogen-bond donors (Lipinski definition) is 0. The summed E-state index contributed by atoms with van der Waals surface area (Å²) >= 11 is 0. The number of nitrogens with zero attached hydrogens (tertiary/aromatic N) is 3. The minimum atomic E-state index is -2.80. The molecule has 1 aromatic heterocycles. The Bertz CT molecular complexity index is 639. The number of rotatable bonds is 3. The maximum atomic E-state index is 12.2. The Morgan fingerprint density at radius 2 is 2.05 bits per heavy atom. The Morgan fingerprint density at radius 1 is 1.25 bits per heavy atom. The topological polar surface area (TPSA) is 30.3 Å². The molecule has 0 unspecified atom stereocenters. The number of alkyl halides is 2. The Balaban J connectivity index is 1.99. The summed E-state index contributed by atoms with van der Waals surface area (Å²) in [5.74, 6) is 1.24. The third-order valence-electron chi connectivity index (χ3n) is 3.53. The first-order chi connectivity index (χ1) is 9.56. The number of anilines is 1. The van der Waals surface area contributed by atoms with Crippen molar-refractivity contribution in [2.45, 2.75) is 20.1 Å². The van der Waals surface area contributed by atoms with E-state index < -0.39 is 6.61 Å². The van der Waals surface area contributed by atoms with E-state index in [0.29, 0.717) is 0 Å². The molecule has 0 saturated carbocycles. The van der Waals surface area contributed by atoms with Crippen LogP contribution in [0.4, 0.5) is 14.6 Å². The second-order valence-electron chi connectivity index (χ2n) is 4.88. The molecule has 20 heavy (non-hydrogen) atoms. The lowest BCUT2D eigenvalue weighted by Crippen LogP contribution is -2.13. The molecule has 0 saturated heterocycles. The molecule has 0 aliphatic carbocycles. The van der Waals surface area contributed by atoms with E-state index in [1.54, 1.807) is 18.2 Å². The summed E-state index contributed by atoms with van der Waals surface area (Å²) in [5.41, 5.74) is 2.90. The summed E-state index contributed by atoms with van der Waals surface area (Å²) in [4.78, 5) is 2.14. The summed E-state index contributed by atoms with van der Waals surface area (Å²) in [6.07, 6.45) is 1.82. The van der Waals surface area contributed by atoms with Gasteiger partial charge in [0.1, 0.15) is 11.6 Å². The minimum absolute atomic E-state index is 0.179. The van der Waals surface area contributed by atoms with Crippen LogP contribution in [0.15, 0.2) is 24.4 Å². The van der Waals surface area contributed by atoms with Crippen molar-refractivity contribution in [2.75, 3.05) is 18.5 Å². The second-order valence-corrected chi connectivity index (χ2v) is 4.88. The fraction of sp³-hybridized carbons (Fsp3) is 0.357. The molecule has 0 atom stereocenters. The van der Waals surface area contributed by atoms with Crippen LogP contribution in [0.25, 0.3) is 11.1 Å². The molecular weight excluding hydrogens is 264 g/mol. The number of halogens is 2. The quantitative estimate of drug-likeness (QED) is 0.865. The van der Waals surface area contributed by atoms with Crippen molar-refractivity contribution in [2.24, 2.45) is 0 Å². The molecule has 0 N–H and O–H groups in total. The highest BCUT2D eigenvalue weighted by molar-refractivity contribution is 5.79. The molecule has 106 valence electrons. The zero-order valence-electron chi connectivity index (χ0n) is 11.3. The third kappa shape index (κ3) is 2.11. The molecule has 2 heterocycles. The normalized spacial score (nSPS) is 13.9. The van der Waals surface area contributed by atoms with Crippen LogP contribution in [0.2, 0.25) is 0 Å². The van der Waals surface area contributed by atoms with Gasteiger partial charge in [-0.15, -0.1) is 0 Å². The molecule has 4 nitrogen and oxygen atoms in total. The number of aromatic nitrogens is 2. The van der Waals surface area contributed by atoms with Gasteiger partial charge < -0.3 is 9.64 Å². The van der Waals surface area contributed by atoms with Crippen molar-refractivity contribution in [3.63, 3.8) is 0 Å². The Kier molecular flexibility index (Phi) is 3.08. The molecule has 0 spiro atoms. The van der Waals surface area contributed by atoms with Gasteiger partial charge >= 0.3 is 6.61 Å². The van der Waals surface area contributed by atoms with Crippen molar-refractivity contribution >= 4 is 5.82 Å². The number of likely N-dealkylation sites (N-methyl/N-ethyl adjacent to an activating group) is 1. The van der Waals surface area contributed by atoms with E-state index in [4.69, 9.17) is 0 Å². The first-order valence-electron chi connectivity index (χ1n) is 6.39. The summed E-state index contributed by atoms with van der Waals surface area (Å²) < 4.78 is 30.8. The SMILES string of the molecule is Cc1cc(OC(F)F)ccc1-c1cnn2c1N(C)CC2. The highest BCUT2D eigenvalue weighted by atomic mass is 19.3. The van der Waals surface area contributed by atoms with Gasteiger partial charge in [-0.25, -0.2) is 4.68 Å². The van der Waals surface area contributed by atoms with E-state index >= 15 is 0 Å². The fourth-order valence-corrected chi connectivity index (χ4v) is 2.60. The average Bonchev–Trinajstić information content (AvgIpc) is 2.93. The molecular formula is C14H15F2N3O. The summed E-state index contributed by atoms with van der Waals surface area (Å²) in [7, 11) is 2.02. The third-order valence-corrected chi connectivity index (χ3v) is 3.53. The molecule has 6 heteroatoms. The molecule has 0 radical (unpaired) electrons. The molecule has 1 aliphatic heterocycles. The largest absolute Gasteiger partial charge is 0.435 e. The van der Waals surface area contributed by atoms with Crippen LogP contribution in [-0.2, 0) is 6.54 Å². The van der Waals surface area contributed by atoms with E-state index in [-0.39, 0.29) is 5.75 Å². The van der Waals surface area contributed by atoms with E-state index in [1.165, 1.54) is 0 Å². The average molecular weight is 279 g/mol. The van der Waals surface area contributed by atoms with Gasteiger partial charge in [0.25, 0.3) is 0 Å². The van der Waals surface area contributed by atoms with Crippen LogP contribution in [0.1, 0.15) is 5.56 Å². The summed E-state index contributed by atoms with van der Waals surface area (Å²) in [6, 6.07) is 4.99. The predicted octanol–water partition coefficient (Wildman–Crippen LogP) is 2.91. The summed E-state index contributed by atoms with van der Waals surface area (Å²) in [6.45, 7) is 0.887. The van der Waals surface area contributed by atoms with Crippen molar-refractivity contribution in [1.29, 1.82) is 0 Å². The molecule has 1 aromatic carbocycles. The first kappa shape index (κ1) is 12.9. The Labute approximate surface area is 115 Å². The van der Waals surface area contributed by atoms with E-state index in [2.05, 4.69) is 14.7 Å². The van der Waals surface area contributed by atoms with Gasteiger partial charge in [-0.2, -0.15) is 13.9 Å². The smallest absolute Gasteiger partial charge is 0.387 e. The van der Waals surface area contributed by atoms with Crippen molar-refractivity contribution in [1.82, 2.24) is 9.78 Å². The summed E-state index contributed by atoms with van der Waals surface area (Å²) in [5, 5.41) is 4.36. The zero-order valence-corrected chi connectivity index (χ0v) is 11.3. The maximum Gasteiger partial charge on any atom is 0.387 e. The van der Waals surface area contributed by atoms with Gasteiger partial charge in [-0.1, -0.05) is 6.07 Å². The van der Waals surface area contributed by atoms with Gasteiger partial charge in [0, 0.05) is 19.2 Å². The van der Waals surface area contributed by atoms with E-state index in [1.807, 2.05) is 24.9 Å². The lowest BCUT2D eigenvalue weighted by atomic mass is 10.0. The van der Waals surface area contributed by atoms with Crippen LogP contribution >= 0.6 is 0 Å². The molecule has 0 bridgehead atoms. The lowest BCUT2D eigenvalue weighted by molar-refractivity contribution is -0.0498. The zero-order chi connectivity index (χ0) is 14.3. The molecule has 0 amide bonds. The van der Waals surface area contributed by atoms with Crippen LogP contribution < -0.4 is 9.64 Å². The fourth-order valence-electron chi connectivity index (χ4n) is 2.60. The van der Waals surface area contributed by atoms with Crippen LogP contribution in [0, 0.1) is 6.92 Å². The van der Waals surface area contributed by atoms with Gasteiger partial charge in [-0.05, 0) is 30.2 Å². The number of aryl methyl sites for hydroxylation is 1. The Hall–Kier alpha value is -2.11. The first-order valence-corrected chi connectivity index (χ1v) is 6.39. The molecule has 2 aromatic rings. The van der Waals surface area contributed by atoms with Gasteiger partial charge in [0.05, 0.1) is 12.7 Å². The molecule has 1 aliphatic rings. The van der Waals surface area contributed by atoms with Crippen molar-refractivity contribution in [3.8, 4) is 16.9 Å². The standard InChI is InChI=1S/C14H15F2N3O/c1-9-7-10(20-14(15)16)3-4-11(9)12-8-17-19-6-5-18(2)13(12)19/h3-4,7-8,14H,5-6H2,1-2H3. The Morgan fingerprint density at radius 3 is 2.75 bits per heavy atom. The van der Waals surface area contributed by atoms with Gasteiger partial charge in [0.15, 0.2) is 0 Å². The predicted molar refractivity (Wildman–Crippen MR) is 72.3 cm³/mol. The van der Waals surface area contributed by atoms with Gasteiger partial charge in [0.2, 0.25) is 0 Å². The van der Waals surface area contributed by atoms with E-state index in [9.17, 15) is 8.78 Å². The number of ether oxygens (including phenoxy) is 1. The number of hydrogen-bond acceptors (Lipinski definition) is 3. The van der Waals surface area contributed by atoms with Crippen LogP contribution in [-0.4, -0.2) is 30.0 Å². The van der Waals surface area contributed by atoms with Crippen molar-refractivity contribution < 1.29 is 13.5 Å².